The molecule has 3 fully saturated rings. The number of nitrogens with zero attached hydrogens (tertiary/aromatic N) is 3. The highest BCUT2D eigenvalue weighted by Crippen LogP contribution is 2.42. The van der Waals surface area contributed by atoms with E-state index in [1.165, 1.54) is 11.6 Å². The van der Waals surface area contributed by atoms with Gasteiger partial charge in [0.1, 0.15) is 12.4 Å². The van der Waals surface area contributed by atoms with Crippen LogP contribution in [0.25, 0.3) is 0 Å². The molecule has 6 rings (SSSR count). The molecule has 36 heavy (non-hydrogen) atoms. The summed E-state index contributed by atoms with van der Waals surface area (Å²) >= 11 is 0. The Morgan fingerprint density at radius 1 is 1.14 bits per heavy atom. The monoisotopic (exact) mass is 492 g/mol. The molecule has 1 aromatic heterocycles. The van der Waals surface area contributed by atoms with Crippen LogP contribution in [0.4, 0.5) is 15.9 Å². The van der Waals surface area contributed by atoms with E-state index in [4.69, 9.17) is 9.47 Å². The number of likely N-dealkylation sites (tertiary alicyclic amines) is 2. The maximum absolute atomic E-state index is 15.3. The molecule has 0 atom stereocenters. The van der Waals surface area contributed by atoms with E-state index < -0.39 is 0 Å². The third kappa shape index (κ3) is 4.37. The predicted octanol–water partition coefficient (Wildman–Crippen LogP) is 4.33. The van der Waals surface area contributed by atoms with Crippen LogP contribution in [0.2, 0.25) is 0 Å². The topological polar surface area (TPSA) is 66.9 Å². The lowest BCUT2D eigenvalue weighted by Gasteiger charge is -2.47. The van der Waals surface area contributed by atoms with Crippen molar-refractivity contribution in [3.8, 4) is 5.75 Å². The van der Waals surface area contributed by atoms with Crippen LogP contribution < -0.4 is 10.1 Å². The SMILES string of the molecule is C=CC(=O)N1CCC(N2CC(c3cc(F)c4c(c3)Nc3nccc(C5CCOCC5)c3CO4)C2)CC1. The summed E-state index contributed by atoms with van der Waals surface area (Å²) in [7, 11) is 0. The molecule has 4 aliphatic heterocycles. The molecule has 190 valence electrons. The Bertz CT molecular complexity index is 1150. The first-order valence-electron chi connectivity index (χ1n) is 13.0. The highest BCUT2D eigenvalue weighted by atomic mass is 19.1. The van der Waals surface area contributed by atoms with Crippen LogP contribution in [0, 0.1) is 5.82 Å². The van der Waals surface area contributed by atoms with E-state index >= 15 is 4.39 Å². The van der Waals surface area contributed by atoms with E-state index in [0.29, 0.717) is 24.3 Å². The van der Waals surface area contributed by atoms with Gasteiger partial charge in [0.2, 0.25) is 5.91 Å². The van der Waals surface area contributed by atoms with Gasteiger partial charge in [0.15, 0.2) is 11.6 Å². The highest BCUT2D eigenvalue weighted by Gasteiger charge is 2.36. The number of anilines is 2. The van der Waals surface area contributed by atoms with Crippen molar-refractivity contribution in [2.24, 2.45) is 0 Å². The number of nitrogens with one attached hydrogen (secondary N) is 1. The van der Waals surface area contributed by atoms with Gasteiger partial charge in [-0.15, -0.1) is 0 Å². The number of aromatic nitrogens is 1. The Balaban J connectivity index is 1.15. The Morgan fingerprint density at radius 3 is 2.67 bits per heavy atom. The quantitative estimate of drug-likeness (QED) is 0.641. The summed E-state index contributed by atoms with van der Waals surface area (Å²) < 4.78 is 26.8. The van der Waals surface area contributed by atoms with Gasteiger partial charge in [-0.1, -0.05) is 6.58 Å². The molecule has 0 aliphatic carbocycles. The number of ether oxygens (including phenoxy) is 2. The summed E-state index contributed by atoms with van der Waals surface area (Å²) in [5.41, 5.74) is 3.87. The van der Waals surface area contributed by atoms with E-state index in [9.17, 15) is 4.79 Å². The molecule has 1 aromatic carbocycles. The number of fused-ring (bicyclic) bond motifs is 2. The number of amides is 1. The molecule has 8 heteroatoms. The number of piperidine rings is 1. The Hall–Kier alpha value is -2.97. The maximum Gasteiger partial charge on any atom is 0.245 e. The van der Waals surface area contributed by atoms with Crippen molar-refractivity contribution in [3.63, 3.8) is 0 Å². The third-order valence-electron chi connectivity index (χ3n) is 8.28. The van der Waals surface area contributed by atoms with Crippen LogP contribution in [0.5, 0.6) is 5.75 Å². The van der Waals surface area contributed by atoms with Crippen molar-refractivity contribution < 1.29 is 18.7 Å². The highest BCUT2D eigenvalue weighted by molar-refractivity contribution is 5.87. The lowest BCUT2D eigenvalue weighted by atomic mass is 9.87. The second-order valence-electron chi connectivity index (χ2n) is 10.3. The van der Waals surface area contributed by atoms with E-state index in [-0.39, 0.29) is 23.4 Å². The summed E-state index contributed by atoms with van der Waals surface area (Å²) in [5.74, 6) is 1.40. The van der Waals surface area contributed by atoms with Crippen LogP contribution in [-0.2, 0) is 16.1 Å². The van der Waals surface area contributed by atoms with Crippen molar-refractivity contribution in [2.45, 2.75) is 50.2 Å². The van der Waals surface area contributed by atoms with Crippen molar-refractivity contribution >= 4 is 17.4 Å². The first kappa shape index (κ1) is 23.4. The zero-order valence-electron chi connectivity index (χ0n) is 20.5. The lowest BCUT2D eigenvalue weighted by molar-refractivity contribution is -0.127. The van der Waals surface area contributed by atoms with Crippen LogP contribution in [-0.4, -0.2) is 66.1 Å². The Labute approximate surface area is 211 Å². The summed E-state index contributed by atoms with van der Waals surface area (Å²) in [5, 5.41) is 3.40. The summed E-state index contributed by atoms with van der Waals surface area (Å²) in [6, 6.07) is 6.21. The number of benzene rings is 1. The van der Waals surface area contributed by atoms with Gasteiger partial charge < -0.3 is 19.7 Å². The second-order valence-corrected chi connectivity index (χ2v) is 10.3. The van der Waals surface area contributed by atoms with Crippen LogP contribution in [0.1, 0.15) is 54.2 Å². The number of rotatable bonds is 4. The molecule has 0 unspecified atom stereocenters. The number of carbonyl (C=O) groups excluding carboxylic acids is 1. The number of pyridine rings is 1. The summed E-state index contributed by atoms with van der Waals surface area (Å²) in [6.45, 7) is 8.77. The third-order valence-corrected chi connectivity index (χ3v) is 8.28. The molecule has 2 aromatic rings. The maximum atomic E-state index is 15.3. The second kappa shape index (κ2) is 9.82. The minimum atomic E-state index is -0.329. The van der Waals surface area contributed by atoms with Gasteiger partial charge in [0, 0.05) is 63.1 Å². The molecule has 0 radical (unpaired) electrons. The van der Waals surface area contributed by atoms with Gasteiger partial charge in [-0.2, -0.15) is 0 Å². The fraction of sp³-hybridized carbons (Fsp3) is 0.500. The van der Waals surface area contributed by atoms with E-state index in [1.807, 2.05) is 17.2 Å². The molecule has 5 heterocycles. The number of hydrogen-bond acceptors (Lipinski definition) is 6. The molecule has 1 N–H and O–H groups in total. The van der Waals surface area contributed by atoms with Crippen molar-refractivity contribution in [1.82, 2.24) is 14.8 Å². The first-order chi connectivity index (χ1) is 17.6. The molecule has 3 saturated heterocycles. The van der Waals surface area contributed by atoms with E-state index in [2.05, 4.69) is 27.8 Å². The van der Waals surface area contributed by atoms with Gasteiger partial charge in [-0.05, 0) is 67.0 Å². The van der Waals surface area contributed by atoms with Crippen LogP contribution in [0.3, 0.4) is 0 Å². The molecule has 7 nitrogen and oxygen atoms in total. The first-order valence-corrected chi connectivity index (χ1v) is 13.0. The smallest absolute Gasteiger partial charge is 0.245 e. The van der Waals surface area contributed by atoms with Gasteiger partial charge in [0.05, 0.1) is 5.69 Å². The average Bonchev–Trinajstić information content (AvgIpc) is 3.08. The summed E-state index contributed by atoms with van der Waals surface area (Å²) in [6.07, 6.45) is 7.12. The number of halogens is 1. The number of carbonyl (C=O) groups is 1. The fourth-order valence-electron chi connectivity index (χ4n) is 6.12. The van der Waals surface area contributed by atoms with Gasteiger partial charge in [0.25, 0.3) is 0 Å². The van der Waals surface area contributed by atoms with E-state index in [0.717, 1.165) is 82.0 Å². The molecule has 0 saturated carbocycles. The average molecular weight is 493 g/mol. The zero-order chi connectivity index (χ0) is 24.6. The van der Waals surface area contributed by atoms with Crippen molar-refractivity contribution in [3.05, 3.63) is 59.6 Å². The minimum absolute atomic E-state index is 0.0149. The minimum Gasteiger partial charge on any atom is -0.483 e. The Morgan fingerprint density at radius 2 is 1.92 bits per heavy atom. The van der Waals surface area contributed by atoms with Gasteiger partial charge >= 0.3 is 0 Å². The van der Waals surface area contributed by atoms with Gasteiger partial charge in [-0.25, -0.2) is 9.37 Å². The van der Waals surface area contributed by atoms with Crippen molar-refractivity contribution in [2.75, 3.05) is 44.7 Å². The molecule has 4 aliphatic rings. The lowest BCUT2D eigenvalue weighted by Crippen LogP contribution is -2.54. The molecule has 0 spiro atoms. The largest absolute Gasteiger partial charge is 0.483 e. The van der Waals surface area contributed by atoms with Crippen LogP contribution >= 0.6 is 0 Å². The predicted molar refractivity (Wildman–Crippen MR) is 135 cm³/mol. The van der Waals surface area contributed by atoms with Crippen LogP contribution in [0.15, 0.2) is 37.1 Å². The normalized spacial score (nSPS) is 21.4. The number of hydrogen-bond donors (Lipinski definition) is 1. The standard InChI is InChI=1S/C28H33FN4O3/c1-2-26(34)32-9-4-21(5-10-32)33-15-20(16-33)19-13-24(29)27-25(14-19)31-28-23(17-36-27)22(3-8-30-28)18-6-11-35-12-7-18/h2-3,8,13-14,18,20-21H,1,4-7,9-12,15-17H2,(H,30,31). The Kier molecular flexibility index (Phi) is 6.39. The molecule has 1 amide bonds. The molecule has 0 bridgehead atoms. The molecular formula is C28H33FN4O3. The van der Waals surface area contributed by atoms with Gasteiger partial charge in [-0.3, -0.25) is 9.69 Å². The summed E-state index contributed by atoms with van der Waals surface area (Å²) in [4.78, 5) is 20.8. The fourth-order valence-corrected chi connectivity index (χ4v) is 6.12. The van der Waals surface area contributed by atoms with Crippen molar-refractivity contribution in [1.29, 1.82) is 0 Å². The molecular weight excluding hydrogens is 459 g/mol. The van der Waals surface area contributed by atoms with E-state index in [1.54, 1.807) is 6.07 Å². The zero-order valence-corrected chi connectivity index (χ0v) is 20.5.